The minimum absolute atomic E-state index is 0. The fourth-order valence-electron chi connectivity index (χ4n) is 1.92. The minimum Gasteiger partial charge on any atom is -0.481 e. The second-order valence-corrected chi connectivity index (χ2v) is 4.71. The molecular weight excluding hydrogens is 401 g/mol. The normalized spacial score (nSPS) is 10.0. The van der Waals surface area contributed by atoms with Crippen molar-refractivity contribution in [3.05, 3.63) is 51.8 Å². The third kappa shape index (κ3) is 5.14. The molecule has 2 rings (SSSR count). The summed E-state index contributed by atoms with van der Waals surface area (Å²) in [6, 6.07) is 9.99. The van der Waals surface area contributed by atoms with E-state index in [1.165, 1.54) is 18.2 Å². The first-order valence-electron chi connectivity index (χ1n) is 6.28. The standard InChI is InChI=1S/C16H11ClF2NO2.Y/c1-2-8-22-11-6-7-12(13(17)9-11)14-4-3-5-16(21)20(14)10-15(18)19;/h1,3,5-7,9,15H,8,10H2;/q-1;. The van der Waals surface area contributed by atoms with Crippen LogP contribution >= 0.6 is 11.6 Å². The molecule has 1 heterocycles. The van der Waals surface area contributed by atoms with E-state index in [2.05, 4.69) is 12.0 Å². The number of hydrogen-bond acceptors (Lipinski definition) is 2. The summed E-state index contributed by atoms with van der Waals surface area (Å²) in [5.41, 5.74) is 0.0622. The summed E-state index contributed by atoms with van der Waals surface area (Å²) in [5.74, 6) is 2.77. The first-order chi connectivity index (χ1) is 10.5. The molecule has 3 nitrogen and oxygen atoms in total. The van der Waals surface area contributed by atoms with Crippen molar-refractivity contribution < 1.29 is 46.2 Å². The molecule has 1 radical (unpaired) electrons. The summed E-state index contributed by atoms with van der Waals surface area (Å²) in [5, 5.41) is 0.249. The molecule has 0 fully saturated rings. The van der Waals surface area contributed by atoms with Crippen LogP contribution in [0.15, 0.2) is 35.1 Å². The van der Waals surface area contributed by atoms with Gasteiger partial charge in [0.1, 0.15) is 12.4 Å². The molecule has 0 aliphatic heterocycles. The molecule has 0 saturated carbocycles. The second-order valence-electron chi connectivity index (χ2n) is 4.30. The molecule has 0 N–H and O–H groups in total. The molecule has 23 heavy (non-hydrogen) atoms. The largest absolute Gasteiger partial charge is 0.481 e. The zero-order valence-electron chi connectivity index (χ0n) is 11.9. The van der Waals surface area contributed by atoms with E-state index < -0.39 is 18.5 Å². The Hall–Kier alpha value is -1.22. The molecule has 0 aliphatic rings. The molecule has 7 heteroatoms. The molecule has 1 aromatic heterocycles. The number of benzene rings is 1. The Labute approximate surface area is 162 Å². The number of aromatic nitrogens is 1. The summed E-state index contributed by atoms with van der Waals surface area (Å²) in [4.78, 5) is 11.8. The average molecular weight is 412 g/mol. The molecule has 0 unspecified atom stereocenters. The van der Waals surface area contributed by atoms with E-state index >= 15 is 0 Å². The molecular formula is C16H11ClF2NO2Y-. The zero-order valence-corrected chi connectivity index (χ0v) is 15.5. The van der Waals surface area contributed by atoms with Gasteiger partial charge in [-0.25, -0.2) is 8.78 Å². The van der Waals surface area contributed by atoms with Crippen LogP contribution in [-0.2, 0) is 39.3 Å². The van der Waals surface area contributed by atoms with Gasteiger partial charge in [0.15, 0.2) is 5.56 Å². The Balaban J connectivity index is 0.00000264. The number of ether oxygens (including phenoxy) is 1. The van der Waals surface area contributed by atoms with Gasteiger partial charge in [0.25, 0.3) is 6.43 Å². The maximum absolute atomic E-state index is 12.7. The van der Waals surface area contributed by atoms with Crippen LogP contribution in [0.2, 0.25) is 5.02 Å². The van der Waals surface area contributed by atoms with Crippen molar-refractivity contribution in [1.82, 2.24) is 4.57 Å². The Kier molecular flexibility index (Phi) is 7.91. The van der Waals surface area contributed by atoms with Crippen LogP contribution in [0.3, 0.4) is 0 Å². The molecule has 0 spiro atoms. The summed E-state index contributed by atoms with van der Waals surface area (Å²) < 4.78 is 31.5. The Morgan fingerprint density at radius 1 is 1.39 bits per heavy atom. The van der Waals surface area contributed by atoms with Crippen LogP contribution in [0.4, 0.5) is 8.78 Å². The van der Waals surface area contributed by atoms with Gasteiger partial charge in [0, 0.05) is 32.7 Å². The molecule has 0 saturated heterocycles. The van der Waals surface area contributed by atoms with Gasteiger partial charge in [-0.05, 0) is 17.2 Å². The average Bonchev–Trinajstić information content (AvgIpc) is 2.47. The van der Waals surface area contributed by atoms with Crippen LogP contribution in [0, 0.1) is 18.4 Å². The van der Waals surface area contributed by atoms with Crippen LogP contribution in [0.5, 0.6) is 5.75 Å². The molecule has 2 aromatic rings. The third-order valence-corrected chi connectivity index (χ3v) is 3.13. The van der Waals surface area contributed by atoms with Crippen molar-refractivity contribution in [3.63, 3.8) is 0 Å². The molecule has 117 valence electrons. The van der Waals surface area contributed by atoms with Gasteiger partial charge < -0.3 is 9.30 Å². The summed E-state index contributed by atoms with van der Waals surface area (Å²) in [6.07, 6.45) is 2.43. The topological polar surface area (TPSA) is 31.2 Å². The predicted molar refractivity (Wildman–Crippen MR) is 80.3 cm³/mol. The quantitative estimate of drug-likeness (QED) is 0.559. The molecule has 1 aromatic carbocycles. The number of pyridine rings is 1. The predicted octanol–water partition coefficient (Wildman–Crippen LogP) is 3.24. The van der Waals surface area contributed by atoms with E-state index in [4.69, 9.17) is 22.8 Å². The molecule has 0 amide bonds. The smallest absolute Gasteiger partial charge is 0.256 e. The first kappa shape index (κ1) is 19.8. The maximum Gasteiger partial charge on any atom is 0.256 e. The fraction of sp³-hybridized carbons (Fsp3) is 0.188. The maximum atomic E-state index is 12.7. The first-order valence-corrected chi connectivity index (χ1v) is 6.66. The van der Waals surface area contributed by atoms with E-state index in [0.29, 0.717) is 11.3 Å². The van der Waals surface area contributed by atoms with Crippen LogP contribution in [-0.4, -0.2) is 17.6 Å². The Bertz CT molecular complexity index is 771. The van der Waals surface area contributed by atoms with Crippen molar-refractivity contribution in [2.24, 2.45) is 0 Å². The van der Waals surface area contributed by atoms with E-state index in [1.54, 1.807) is 12.1 Å². The van der Waals surface area contributed by atoms with Gasteiger partial charge in [0.05, 0.1) is 6.54 Å². The van der Waals surface area contributed by atoms with Crippen LogP contribution in [0.25, 0.3) is 11.3 Å². The van der Waals surface area contributed by atoms with Gasteiger partial charge in [-0.15, -0.1) is 12.5 Å². The molecule has 0 bridgehead atoms. The monoisotopic (exact) mass is 411 g/mol. The van der Waals surface area contributed by atoms with Crippen molar-refractivity contribution in [2.45, 2.75) is 13.0 Å². The number of nitrogens with zero attached hydrogens (tertiary/aromatic N) is 1. The summed E-state index contributed by atoms with van der Waals surface area (Å²) in [7, 11) is 0. The third-order valence-electron chi connectivity index (χ3n) is 2.82. The van der Waals surface area contributed by atoms with E-state index in [1.807, 2.05) is 0 Å². The van der Waals surface area contributed by atoms with Gasteiger partial charge in [-0.1, -0.05) is 34.8 Å². The summed E-state index contributed by atoms with van der Waals surface area (Å²) in [6.45, 7) is -0.638. The molecule has 0 atom stereocenters. The SMILES string of the molecule is C#CCOc1ccc(-c2[c-]ccc(=O)n2CC(F)F)c(Cl)c1.[Y]. The number of hydrogen-bond donors (Lipinski definition) is 0. The number of rotatable bonds is 5. The van der Waals surface area contributed by atoms with Crippen molar-refractivity contribution in [1.29, 1.82) is 0 Å². The Morgan fingerprint density at radius 2 is 2.13 bits per heavy atom. The van der Waals surface area contributed by atoms with Gasteiger partial charge in [-0.2, -0.15) is 12.1 Å². The van der Waals surface area contributed by atoms with E-state index in [0.717, 1.165) is 4.57 Å². The fourth-order valence-corrected chi connectivity index (χ4v) is 2.18. The van der Waals surface area contributed by atoms with E-state index in [-0.39, 0.29) is 50.0 Å². The Morgan fingerprint density at radius 3 is 2.74 bits per heavy atom. The number of alkyl halides is 2. The van der Waals surface area contributed by atoms with Crippen molar-refractivity contribution in [3.8, 4) is 29.4 Å². The number of halogens is 3. The van der Waals surface area contributed by atoms with Gasteiger partial charge >= 0.3 is 0 Å². The van der Waals surface area contributed by atoms with Crippen molar-refractivity contribution >= 4 is 11.6 Å². The summed E-state index contributed by atoms with van der Waals surface area (Å²) >= 11 is 6.15. The van der Waals surface area contributed by atoms with Gasteiger partial charge in [0.2, 0.25) is 0 Å². The zero-order chi connectivity index (χ0) is 16.1. The van der Waals surface area contributed by atoms with Crippen LogP contribution in [0.1, 0.15) is 0 Å². The van der Waals surface area contributed by atoms with Crippen molar-refractivity contribution in [2.75, 3.05) is 6.61 Å². The number of terminal acetylenes is 1. The second kappa shape index (κ2) is 9.17. The van der Waals surface area contributed by atoms with Gasteiger partial charge in [-0.3, -0.25) is 4.79 Å². The van der Waals surface area contributed by atoms with E-state index in [9.17, 15) is 13.6 Å². The molecule has 0 aliphatic carbocycles. The minimum atomic E-state index is -2.66. The van der Waals surface area contributed by atoms with Crippen LogP contribution < -0.4 is 10.3 Å².